The minimum atomic E-state index is -0.251. The summed E-state index contributed by atoms with van der Waals surface area (Å²) in [7, 11) is 0. The fourth-order valence-corrected chi connectivity index (χ4v) is 5.79. The van der Waals surface area contributed by atoms with Crippen LogP contribution in [0.2, 0.25) is 0 Å². The van der Waals surface area contributed by atoms with Gasteiger partial charge in [-0.2, -0.15) is 0 Å². The average Bonchev–Trinajstić information content (AvgIpc) is 3.56. The highest BCUT2D eigenvalue weighted by Crippen LogP contribution is 2.39. The molecule has 7 heteroatoms. The molecule has 1 aromatic rings. The molecule has 2 unspecified atom stereocenters. The molecule has 36 heavy (non-hydrogen) atoms. The second kappa shape index (κ2) is 11.8. The largest absolute Gasteiger partial charge is 0.454 e. The second-order valence-electron chi connectivity index (χ2n) is 11.4. The number of carbonyl (C=O) groups excluding carboxylic acids is 2. The number of carbonyl (C=O) groups is 2. The van der Waals surface area contributed by atoms with Gasteiger partial charge in [-0.05, 0) is 55.7 Å². The Bertz CT molecular complexity index is 910. The standard InChI is InChI=1S/C29H45N3O4/c1-5-7-13-30(14-8-6-2)27(33)20-32-19-23(22-9-10-25-26(18-22)36-21-35-25)17-24(32)11-15-31-16-12-29(3,4)28(31)34/h9-10,18,23-24H,5-8,11-17,19-21H2,1-4H3. The fraction of sp³-hybridized carbons (Fsp3) is 0.724. The molecule has 2 amide bonds. The van der Waals surface area contributed by atoms with Gasteiger partial charge in [0.15, 0.2) is 11.5 Å². The number of hydrogen-bond donors (Lipinski definition) is 0. The molecule has 0 bridgehead atoms. The molecule has 2 saturated heterocycles. The van der Waals surface area contributed by atoms with Crippen molar-refractivity contribution in [2.24, 2.45) is 5.41 Å². The second-order valence-corrected chi connectivity index (χ2v) is 11.4. The molecule has 3 heterocycles. The average molecular weight is 500 g/mol. The van der Waals surface area contributed by atoms with E-state index in [1.54, 1.807) is 0 Å². The van der Waals surface area contributed by atoms with Crippen LogP contribution in [0.5, 0.6) is 11.5 Å². The third-order valence-electron chi connectivity index (χ3n) is 8.26. The van der Waals surface area contributed by atoms with Crippen molar-refractivity contribution in [1.29, 1.82) is 0 Å². The lowest BCUT2D eigenvalue weighted by Crippen LogP contribution is -2.44. The molecule has 0 radical (unpaired) electrons. The van der Waals surface area contributed by atoms with Crippen LogP contribution in [0.15, 0.2) is 18.2 Å². The number of rotatable bonds is 12. The van der Waals surface area contributed by atoms with Crippen molar-refractivity contribution in [3.8, 4) is 11.5 Å². The summed E-state index contributed by atoms with van der Waals surface area (Å²) in [6.07, 6.45) is 7.09. The predicted octanol–water partition coefficient (Wildman–Crippen LogP) is 4.65. The Kier molecular flexibility index (Phi) is 8.81. The van der Waals surface area contributed by atoms with Crippen LogP contribution in [0.1, 0.15) is 84.1 Å². The Balaban J connectivity index is 1.45. The summed E-state index contributed by atoms with van der Waals surface area (Å²) in [6.45, 7) is 13.3. The number of fused-ring (bicyclic) bond motifs is 1. The van der Waals surface area contributed by atoms with Crippen molar-refractivity contribution in [1.82, 2.24) is 14.7 Å². The summed E-state index contributed by atoms with van der Waals surface area (Å²) in [5.74, 6) is 2.46. The van der Waals surface area contributed by atoms with Gasteiger partial charge in [0.2, 0.25) is 18.6 Å². The summed E-state index contributed by atoms with van der Waals surface area (Å²) in [6, 6.07) is 6.53. The van der Waals surface area contributed by atoms with Gasteiger partial charge in [-0.3, -0.25) is 14.5 Å². The number of ether oxygens (including phenoxy) is 2. The lowest BCUT2D eigenvalue weighted by atomic mass is 9.92. The zero-order valence-electron chi connectivity index (χ0n) is 22.8. The Morgan fingerprint density at radius 3 is 2.50 bits per heavy atom. The predicted molar refractivity (Wildman–Crippen MR) is 141 cm³/mol. The van der Waals surface area contributed by atoms with E-state index in [1.165, 1.54) is 5.56 Å². The van der Waals surface area contributed by atoms with Crippen LogP contribution in [-0.2, 0) is 9.59 Å². The zero-order valence-corrected chi connectivity index (χ0v) is 22.8. The third-order valence-corrected chi connectivity index (χ3v) is 8.26. The van der Waals surface area contributed by atoms with E-state index in [4.69, 9.17) is 9.47 Å². The van der Waals surface area contributed by atoms with Gasteiger partial charge < -0.3 is 19.3 Å². The van der Waals surface area contributed by atoms with E-state index in [1.807, 2.05) is 24.8 Å². The van der Waals surface area contributed by atoms with Crippen molar-refractivity contribution in [3.63, 3.8) is 0 Å². The molecule has 3 aliphatic rings. The maximum absolute atomic E-state index is 13.4. The molecular formula is C29H45N3O4. The summed E-state index contributed by atoms with van der Waals surface area (Å²) in [4.78, 5) is 32.7. The molecule has 0 saturated carbocycles. The highest BCUT2D eigenvalue weighted by atomic mass is 16.7. The monoisotopic (exact) mass is 499 g/mol. The number of likely N-dealkylation sites (tertiary alicyclic amines) is 2. The van der Waals surface area contributed by atoms with Crippen molar-refractivity contribution < 1.29 is 19.1 Å². The first-order chi connectivity index (χ1) is 17.3. The molecule has 0 aromatic heterocycles. The van der Waals surface area contributed by atoms with E-state index in [0.29, 0.717) is 12.5 Å². The summed E-state index contributed by atoms with van der Waals surface area (Å²) in [5.41, 5.74) is 0.991. The van der Waals surface area contributed by atoms with E-state index in [0.717, 1.165) is 89.2 Å². The minimum Gasteiger partial charge on any atom is -0.454 e. The molecule has 0 N–H and O–H groups in total. The Labute approximate surface area is 217 Å². The van der Waals surface area contributed by atoms with E-state index in [2.05, 4.69) is 35.8 Å². The van der Waals surface area contributed by atoms with Crippen LogP contribution >= 0.6 is 0 Å². The smallest absolute Gasteiger partial charge is 0.236 e. The van der Waals surface area contributed by atoms with Crippen molar-refractivity contribution in [2.45, 2.75) is 84.6 Å². The lowest BCUT2D eigenvalue weighted by Gasteiger charge is -2.29. The van der Waals surface area contributed by atoms with E-state index >= 15 is 0 Å². The molecule has 2 atom stereocenters. The van der Waals surface area contributed by atoms with Gasteiger partial charge in [0.25, 0.3) is 0 Å². The zero-order chi connectivity index (χ0) is 25.7. The molecule has 1 aromatic carbocycles. The number of benzene rings is 1. The minimum absolute atomic E-state index is 0.242. The quantitative estimate of drug-likeness (QED) is 0.419. The van der Waals surface area contributed by atoms with Gasteiger partial charge in [-0.15, -0.1) is 0 Å². The van der Waals surface area contributed by atoms with Gasteiger partial charge >= 0.3 is 0 Å². The Morgan fingerprint density at radius 2 is 1.83 bits per heavy atom. The van der Waals surface area contributed by atoms with Gasteiger partial charge in [0.1, 0.15) is 0 Å². The first-order valence-corrected chi connectivity index (χ1v) is 14.0. The number of amides is 2. The molecule has 7 nitrogen and oxygen atoms in total. The molecule has 2 fully saturated rings. The number of nitrogens with zero attached hydrogens (tertiary/aromatic N) is 3. The van der Waals surface area contributed by atoms with Crippen molar-refractivity contribution >= 4 is 11.8 Å². The Morgan fingerprint density at radius 1 is 1.11 bits per heavy atom. The SMILES string of the molecule is CCCCN(CCCC)C(=O)CN1CC(c2ccc3c(c2)OCO3)CC1CCN1CCC(C)(C)C1=O. The number of hydrogen-bond acceptors (Lipinski definition) is 5. The molecule has 0 aliphatic carbocycles. The first-order valence-electron chi connectivity index (χ1n) is 14.0. The van der Waals surface area contributed by atoms with Gasteiger partial charge in [-0.25, -0.2) is 0 Å². The normalized spacial score (nSPS) is 23.0. The molecule has 0 spiro atoms. The van der Waals surface area contributed by atoms with E-state index in [9.17, 15) is 9.59 Å². The fourth-order valence-electron chi connectivity index (χ4n) is 5.79. The van der Waals surface area contributed by atoms with Crippen LogP contribution in [0.4, 0.5) is 0 Å². The van der Waals surface area contributed by atoms with E-state index < -0.39 is 0 Å². The summed E-state index contributed by atoms with van der Waals surface area (Å²) >= 11 is 0. The topological polar surface area (TPSA) is 62.3 Å². The van der Waals surface area contributed by atoms with Crippen LogP contribution in [0.3, 0.4) is 0 Å². The van der Waals surface area contributed by atoms with Gasteiger partial charge in [-0.1, -0.05) is 46.6 Å². The van der Waals surface area contributed by atoms with Crippen molar-refractivity contribution in [3.05, 3.63) is 23.8 Å². The highest BCUT2D eigenvalue weighted by molar-refractivity contribution is 5.84. The highest BCUT2D eigenvalue weighted by Gasteiger charge is 2.40. The lowest BCUT2D eigenvalue weighted by molar-refractivity contribution is -0.135. The maximum Gasteiger partial charge on any atom is 0.236 e. The summed E-state index contributed by atoms with van der Waals surface area (Å²) < 4.78 is 11.1. The van der Waals surface area contributed by atoms with Gasteiger partial charge in [0.05, 0.1) is 6.54 Å². The molecular weight excluding hydrogens is 454 g/mol. The van der Waals surface area contributed by atoms with Crippen LogP contribution in [0.25, 0.3) is 0 Å². The van der Waals surface area contributed by atoms with E-state index in [-0.39, 0.29) is 30.1 Å². The Hall–Kier alpha value is -2.28. The number of unbranched alkanes of at least 4 members (excludes halogenated alkanes) is 2. The van der Waals surface area contributed by atoms with Crippen LogP contribution < -0.4 is 9.47 Å². The third kappa shape index (κ3) is 6.16. The van der Waals surface area contributed by atoms with Crippen molar-refractivity contribution in [2.75, 3.05) is 46.1 Å². The van der Waals surface area contributed by atoms with Crippen LogP contribution in [0, 0.1) is 5.41 Å². The molecule has 200 valence electrons. The summed E-state index contributed by atoms with van der Waals surface area (Å²) in [5, 5.41) is 0. The van der Waals surface area contributed by atoms with Gasteiger partial charge in [0, 0.05) is 44.2 Å². The first kappa shape index (κ1) is 26.8. The molecule has 3 aliphatic heterocycles. The van der Waals surface area contributed by atoms with Crippen LogP contribution in [-0.4, -0.2) is 78.6 Å². The molecule has 4 rings (SSSR count). The maximum atomic E-state index is 13.4.